The van der Waals surface area contributed by atoms with Gasteiger partial charge in [0.25, 0.3) is 0 Å². The minimum atomic E-state index is -3.11. The van der Waals surface area contributed by atoms with Gasteiger partial charge in [-0.15, -0.1) is 0 Å². The number of sulfonamides is 1. The van der Waals surface area contributed by atoms with Crippen molar-refractivity contribution in [1.29, 1.82) is 0 Å². The van der Waals surface area contributed by atoms with Gasteiger partial charge in [-0.05, 0) is 38.6 Å². The fraction of sp³-hybridized carbons (Fsp3) is 1.00. The third-order valence-corrected chi connectivity index (χ3v) is 7.31. The van der Waals surface area contributed by atoms with E-state index in [1.54, 1.807) is 0 Å². The summed E-state index contributed by atoms with van der Waals surface area (Å²) in [6.07, 6.45) is 11.6. The Bertz CT molecular complexity index is 369. The van der Waals surface area contributed by atoms with Crippen LogP contribution in [-0.2, 0) is 10.0 Å². The Hall–Kier alpha value is -0.130. The van der Waals surface area contributed by atoms with Crippen LogP contribution in [0, 0.1) is 0 Å². The Balaban J connectivity index is 2.12. The molecule has 2 N–H and O–H groups in total. The molecule has 2 saturated carbocycles. The molecule has 2 rings (SSSR count). The van der Waals surface area contributed by atoms with Crippen LogP contribution < -0.4 is 5.73 Å². The lowest BCUT2D eigenvalue weighted by molar-refractivity contribution is 0.287. The second-order valence-electron chi connectivity index (χ2n) is 6.35. The monoisotopic (exact) mass is 302 g/mol. The lowest BCUT2D eigenvalue weighted by Crippen LogP contribution is -2.45. The summed E-state index contributed by atoms with van der Waals surface area (Å²) in [5.74, 6) is 0. The molecular weight excluding hydrogens is 272 g/mol. The summed E-state index contributed by atoms with van der Waals surface area (Å²) in [4.78, 5) is 0. The zero-order chi connectivity index (χ0) is 14.4. The van der Waals surface area contributed by atoms with Crippen molar-refractivity contribution in [2.75, 3.05) is 13.1 Å². The summed E-state index contributed by atoms with van der Waals surface area (Å²) in [5.41, 5.74) is 5.61. The van der Waals surface area contributed by atoms with Crippen LogP contribution in [0.4, 0.5) is 0 Å². The van der Waals surface area contributed by atoms with Crippen molar-refractivity contribution in [3.05, 3.63) is 0 Å². The van der Waals surface area contributed by atoms with Crippen LogP contribution in [0.3, 0.4) is 0 Å². The first kappa shape index (κ1) is 16.2. The maximum absolute atomic E-state index is 12.9. The van der Waals surface area contributed by atoms with E-state index in [1.807, 2.05) is 4.31 Å². The van der Waals surface area contributed by atoms with Crippen LogP contribution in [0.5, 0.6) is 0 Å². The van der Waals surface area contributed by atoms with Crippen molar-refractivity contribution in [1.82, 2.24) is 4.31 Å². The van der Waals surface area contributed by atoms with E-state index in [9.17, 15) is 8.42 Å². The number of nitrogens with two attached hydrogens (primary N) is 1. The molecule has 0 amide bonds. The van der Waals surface area contributed by atoms with Gasteiger partial charge in [-0.3, -0.25) is 0 Å². The van der Waals surface area contributed by atoms with Crippen molar-refractivity contribution >= 4 is 10.0 Å². The smallest absolute Gasteiger partial charge is 0.217 e. The molecule has 0 heterocycles. The van der Waals surface area contributed by atoms with E-state index in [-0.39, 0.29) is 11.3 Å². The van der Waals surface area contributed by atoms with Gasteiger partial charge in [0.1, 0.15) is 0 Å². The first-order chi connectivity index (χ1) is 9.66. The summed E-state index contributed by atoms with van der Waals surface area (Å²) in [7, 11) is -3.11. The van der Waals surface area contributed by atoms with Gasteiger partial charge in [0.15, 0.2) is 0 Å². The van der Waals surface area contributed by atoms with E-state index in [0.29, 0.717) is 13.1 Å². The largest absolute Gasteiger partial charge is 0.330 e. The summed E-state index contributed by atoms with van der Waals surface area (Å²) in [5, 5.41) is -0.122. The molecule has 0 aromatic carbocycles. The molecule has 0 unspecified atom stereocenters. The molecule has 0 saturated heterocycles. The highest BCUT2D eigenvalue weighted by Gasteiger charge is 2.37. The number of rotatable bonds is 6. The highest BCUT2D eigenvalue weighted by atomic mass is 32.2. The summed E-state index contributed by atoms with van der Waals surface area (Å²) < 4.78 is 27.7. The molecule has 0 aromatic rings. The van der Waals surface area contributed by atoms with Gasteiger partial charge in [-0.1, -0.05) is 38.5 Å². The molecule has 5 heteroatoms. The van der Waals surface area contributed by atoms with Gasteiger partial charge >= 0.3 is 0 Å². The van der Waals surface area contributed by atoms with Gasteiger partial charge in [0.05, 0.1) is 5.25 Å². The molecule has 4 nitrogen and oxygen atoms in total. The molecule has 0 bridgehead atoms. The molecular formula is C15H30N2O2S. The van der Waals surface area contributed by atoms with Gasteiger partial charge in [0, 0.05) is 12.6 Å². The minimum absolute atomic E-state index is 0.122. The van der Waals surface area contributed by atoms with E-state index in [0.717, 1.165) is 44.9 Å². The number of hydrogen-bond acceptors (Lipinski definition) is 3. The average Bonchev–Trinajstić information content (AvgIpc) is 2.85. The average molecular weight is 302 g/mol. The lowest BCUT2D eigenvalue weighted by atomic mass is 10.1. The zero-order valence-electron chi connectivity index (χ0n) is 12.6. The molecule has 0 radical (unpaired) electrons. The van der Waals surface area contributed by atoms with Crippen LogP contribution in [0.15, 0.2) is 0 Å². The molecule has 20 heavy (non-hydrogen) atoms. The maximum atomic E-state index is 12.9. The van der Waals surface area contributed by atoms with Gasteiger partial charge in [0.2, 0.25) is 10.0 Å². The van der Waals surface area contributed by atoms with Gasteiger partial charge in [-0.2, -0.15) is 4.31 Å². The summed E-state index contributed by atoms with van der Waals surface area (Å²) in [6, 6.07) is 0.231. The Labute approximate surface area is 124 Å². The van der Waals surface area contributed by atoms with Crippen LogP contribution >= 0.6 is 0 Å². The van der Waals surface area contributed by atoms with Crippen LogP contribution in [-0.4, -0.2) is 37.1 Å². The second-order valence-corrected chi connectivity index (χ2v) is 8.52. The zero-order valence-corrected chi connectivity index (χ0v) is 13.4. The SMILES string of the molecule is NCCCN(C1CCCCCC1)S(=O)(=O)C1CCCC1. The third-order valence-electron chi connectivity index (χ3n) is 4.86. The molecule has 0 aromatic heterocycles. The molecule has 2 aliphatic carbocycles. The topological polar surface area (TPSA) is 63.4 Å². The highest BCUT2D eigenvalue weighted by molar-refractivity contribution is 7.89. The molecule has 0 spiro atoms. The fourth-order valence-corrected chi connectivity index (χ4v) is 6.01. The quantitative estimate of drug-likeness (QED) is 0.767. The van der Waals surface area contributed by atoms with Crippen molar-refractivity contribution < 1.29 is 8.42 Å². The Morgan fingerprint density at radius 2 is 1.45 bits per heavy atom. The Kier molecular flexibility index (Phi) is 6.30. The van der Waals surface area contributed by atoms with E-state index < -0.39 is 10.0 Å². The van der Waals surface area contributed by atoms with E-state index >= 15 is 0 Å². The van der Waals surface area contributed by atoms with E-state index in [2.05, 4.69) is 0 Å². The van der Waals surface area contributed by atoms with Gasteiger partial charge in [-0.25, -0.2) is 8.42 Å². The summed E-state index contributed by atoms with van der Waals surface area (Å²) in [6.45, 7) is 1.20. The first-order valence-electron chi connectivity index (χ1n) is 8.37. The molecule has 2 aliphatic rings. The molecule has 0 atom stereocenters. The second kappa shape index (κ2) is 7.76. The van der Waals surface area contributed by atoms with Crippen molar-refractivity contribution in [3.8, 4) is 0 Å². The summed E-state index contributed by atoms with van der Waals surface area (Å²) >= 11 is 0. The van der Waals surface area contributed by atoms with Gasteiger partial charge < -0.3 is 5.73 Å². The van der Waals surface area contributed by atoms with E-state index in [4.69, 9.17) is 5.73 Å². The molecule has 118 valence electrons. The van der Waals surface area contributed by atoms with Crippen molar-refractivity contribution in [2.45, 2.75) is 81.9 Å². The van der Waals surface area contributed by atoms with Crippen LogP contribution in [0.1, 0.15) is 70.6 Å². The van der Waals surface area contributed by atoms with E-state index in [1.165, 1.54) is 25.7 Å². The minimum Gasteiger partial charge on any atom is -0.330 e. The van der Waals surface area contributed by atoms with Crippen molar-refractivity contribution in [2.24, 2.45) is 5.73 Å². The Morgan fingerprint density at radius 3 is 2.00 bits per heavy atom. The lowest BCUT2D eigenvalue weighted by Gasteiger charge is -2.32. The first-order valence-corrected chi connectivity index (χ1v) is 9.87. The highest BCUT2D eigenvalue weighted by Crippen LogP contribution is 2.31. The predicted octanol–water partition coefficient (Wildman–Crippen LogP) is 2.63. The number of hydrogen-bond donors (Lipinski definition) is 1. The third kappa shape index (κ3) is 3.95. The molecule has 2 fully saturated rings. The van der Waals surface area contributed by atoms with Crippen LogP contribution in [0.25, 0.3) is 0 Å². The standard InChI is InChI=1S/C15H30N2O2S/c16-12-7-13-17(14-8-3-1-2-4-9-14)20(18,19)15-10-5-6-11-15/h14-15H,1-13,16H2. The van der Waals surface area contributed by atoms with Crippen molar-refractivity contribution in [3.63, 3.8) is 0 Å². The fourth-order valence-electron chi connectivity index (χ4n) is 3.69. The predicted molar refractivity (Wildman–Crippen MR) is 83.0 cm³/mol. The molecule has 0 aliphatic heterocycles. The van der Waals surface area contributed by atoms with Crippen LogP contribution in [0.2, 0.25) is 0 Å². The maximum Gasteiger partial charge on any atom is 0.217 e. The normalized spacial score (nSPS) is 23.3. The Morgan fingerprint density at radius 1 is 0.900 bits per heavy atom. The number of nitrogens with zero attached hydrogens (tertiary/aromatic N) is 1.